The van der Waals surface area contributed by atoms with Crippen LogP contribution in [0.5, 0.6) is 0 Å². The molecule has 0 bridgehead atoms. The Hall–Kier alpha value is -2.10. The van der Waals surface area contributed by atoms with Gasteiger partial charge in [-0.3, -0.25) is 9.59 Å². The van der Waals surface area contributed by atoms with Gasteiger partial charge < -0.3 is 10.4 Å². The number of carboxylic acids is 1. The van der Waals surface area contributed by atoms with E-state index in [1.807, 2.05) is 36.4 Å². The molecule has 4 nitrogen and oxygen atoms in total. The van der Waals surface area contributed by atoms with Crippen molar-refractivity contribution in [2.24, 2.45) is 11.8 Å². The van der Waals surface area contributed by atoms with Gasteiger partial charge in [0.15, 0.2) is 0 Å². The molecule has 0 heterocycles. The van der Waals surface area contributed by atoms with Gasteiger partial charge >= 0.3 is 5.97 Å². The highest BCUT2D eigenvalue weighted by atomic mass is 16.4. The van der Waals surface area contributed by atoms with Gasteiger partial charge in [-0.25, -0.2) is 0 Å². The molecule has 21 heavy (non-hydrogen) atoms. The summed E-state index contributed by atoms with van der Waals surface area (Å²) in [5.74, 6) is -2.25. The molecule has 0 aromatic heterocycles. The molecule has 1 aliphatic rings. The summed E-state index contributed by atoms with van der Waals surface area (Å²) in [7, 11) is 0. The zero-order chi connectivity index (χ0) is 15.2. The first kappa shape index (κ1) is 15.3. The standard InChI is InChI=1S/C17H21NO3/c1-2-5-12-8-10-13(11-9-12)18-16(19)14-6-3-4-7-15(14)17(20)21/h3-4,8-11,14-15H,2,5-7H2,1H3,(H,18,19)(H,20,21)/t14-,15+/m1/s1. The third kappa shape index (κ3) is 3.94. The van der Waals surface area contributed by atoms with E-state index in [4.69, 9.17) is 0 Å². The summed E-state index contributed by atoms with van der Waals surface area (Å²) in [6, 6.07) is 7.73. The Morgan fingerprint density at radius 2 is 1.76 bits per heavy atom. The average Bonchev–Trinajstić information content (AvgIpc) is 2.49. The van der Waals surface area contributed by atoms with Crippen LogP contribution in [0.4, 0.5) is 5.69 Å². The second kappa shape index (κ2) is 7.07. The van der Waals surface area contributed by atoms with E-state index >= 15 is 0 Å². The van der Waals surface area contributed by atoms with E-state index in [1.165, 1.54) is 5.56 Å². The predicted molar refractivity (Wildman–Crippen MR) is 82.1 cm³/mol. The van der Waals surface area contributed by atoms with Gasteiger partial charge in [0, 0.05) is 5.69 Å². The fourth-order valence-corrected chi connectivity index (χ4v) is 2.66. The first-order valence-electron chi connectivity index (χ1n) is 7.39. The number of aliphatic carboxylic acids is 1. The summed E-state index contributed by atoms with van der Waals surface area (Å²) in [4.78, 5) is 23.5. The summed E-state index contributed by atoms with van der Waals surface area (Å²) in [6.07, 6.45) is 6.72. The summed E-state index contributed by atoms with van der Waals surface area (Å²) in [6.45, 7) is 2.12. The fourth-order valence-electron chi connectivity index (χ4n) is 2.66. The number of benzene rings is 1. The largest absolute Gasteiger partial charge is 0.481 e. The topological polar surface area (TPSA) is 66.4 Å². The molecule has 2 N–H and O–H groups in total. The molecule has 1 aliphatic carbocycles. The summed E-state index contributed by atoms with van der Waals surface area (Å²) < 4.78 is 0. The first-order chi connectivity index (χ1) is 10.1. The SMILES string of the molecule is CCCc1ccc(NC(=O)[C@@H]2CC=CC[C@@H]2C(=O)O)cc1. The molecule has 1 amide bonds. The smallest absolute Gasteiger partial charge is 0.307 e. The van der Waals surface area contributed by atoms with Crippen LogP contribution in [-0.4, -0.2) is 17.0 Å². The van der Waals surface area contributed by atoms with Crippen LogP contribution in [0.15, 0.2) is 36.4 Å². The van der Waals surface area contributed by atoms with E-state index in [-0.39, 0.29) is 5.91 Å². The van der Waals surface area contributed by atoms with Gasteiger partial charge in [-0.2, -0.15) is 0 Å². The molecule has 112 valence electrons. The molecule has 0 radical (unpaired) electrons. The molecule has 4 heteroatoms. The van der Waals surface area contributed by atoms with Crippen molar-refractivity contribution >= 4 is 17.6 Å². The second-order valence-corrected chi connectivity index (χ2v) is 5.43. The van der Waals surface area contributed by atoms with Crippen LogP contribution in [0, 0.1) is 11.8 Å². The monoisotopic (exact) mass is 287 g/mol. The van der Waals surface area contributed by atoms with E-state index in [9.17, 15) is 14.7 Å². The van der Waals surface area contributed by atoms with Crippen LogP contribution in [0.1, 0.15) is 31.7 Å². The van der Waals surface area contributed by atoms with Crippen LogP contribution < -0.4 is 5.32 Å². The van der Waals surface area contributed by atoms with Gasteiger partial charge in [0.25, 0.3) is 0 Å². The Morgan fingerprint density at radius 1 is 1.14 bits per heavy atom. The molecule has 0 unspecified atom stereocenters. The summed E-state index contributed by atoms with van der Waals surface area (Å²) in [5, 5.41) is 12.0. The number of rotatable bonds is 5. The molecular formula is C17H21NO3. The number of allylic oxidation sites excluding steroid dienone is 2. The zero-order valence-corrected chi connectivity index (χ0v) is 12.2. The third-order valence-electron chi connectivity index (χ3n) is 3.85. The maximum atomic E-state index is 12.3. The molecule has 0 spiro atoms. The minimum atomic E-state index is -0.905. The van der Waals surface area contributed by atoms with Gasteiger partial charge in [0.2, 0.25) is 5.91 Å². The molecule has 0 saturated carbocycles. The zero-order valence-electron chi connectivity index (χ0n) is 12.2. The Morgan fingerprint density at radius 3 is 2.33 bits per heavy atom. The second-order valence-electron chi connectivity index (χ2n) is 5.43. The van der Waals surface area contributed by atoms with E-state index in [0.717, 1.165) is 18.5 Å². The van der Waals surface area contributed by atoms with Crippen LogP contribution >= 0.6 is 0 Å². The lowest BCUT2D eigenvalue weighted by Gasteiger charge is -2.24. The quantitative estimate of drug-likeness (QED) is 0.817. The van der Waals surface area contributed by atoms with Crippen molar-refractivity contribution in [1.82, 2.24) is 0 Å². The Kier molecular flexibility index (Phi) is 5.14. The molecule has 1 aromatic carbocycles. The van der Waals surface area contributed by atoms with Crippen molar-refractivity contribution in [3.63, 3.8) is 0 Å². The molecule has 0 aliphatic heterocycles. The Labute approximate surface area is 124 Å². The molecule has 2 rings (SSSR count). The van der Waals surface area contributed by atoms with Crippen LogP contribution in [-0.2, 0) is 16.0 Å². The van der Waals surface area contributed by atoms with Crippen LogP contribution in [0.3, 0.4) is 0 Å². The van der Waals surface area contributed by atoms with Gasteiger partial charge in [-0.15, -0.1) is 0 Å². The van der Waals surface area contributed by atoms with Gasteiger partial charge in [0.1, 0.15) is 0 Å². The van der Waals surface area contributed by atoms with Crippen molar-refractivity contribution < 1.29 is 14.7 Å². The number of carbonyl (C=O) groups is 2. The van der Waals surface area contributed by atoms with Crippen LogP contribution in [0.2, 0.25) is 0 Å². The highest BCUT2D eigenvalue weighted by Crippen LogP contribution is 2.27. The number of carboxylic acid groups (broad SMARTS) is 1. The molecule has 1 aromatic rings. The lowest BCUT2D eigenvalue weighted by atomic mass is 9.82. The average molecular weight is 287 g/mol. The van der Waals surface area contributed by atoms with Gasteiger partial charge in [0.05, 0.1) is 11.8 Å². The van der Waals surface area contributed by atoms with Crippen molar-refractivity contribution in [1.29, 1.82) is 0 Å². The molecule has 2 atom stereocenters. The van der Waals surface area contributed by atoms with Gasteiger partial charge in [-0.05, 0) is 37.0 Å². The number of hydrogen-bond donors (Lipinski definition) is 2. The number of carbonyl (C=O) groups excluding carboxylic acids is 1. The third-order valence-corrected chi connectivity index (χ3v) is 3.85. The van der Waals surface area contributed by atoms with E-state index in [2.05, 4.69) is 12.2 Å². The maximum Gasteiger partial charge on any atom is 0.307 e. The highest BCUT2D eigenvalue weighted by molar-refractivity contribution is 5.95. The van der Waals surface area contributed by atoms with Crippen LogP contribution in [0.25, 0.3) is 0 Å². The molecule has 0 saturated heterocycles. The Balaban J connectivity index is 2.02. The number of hydrogen-bond acceptors (Lipinski definition) is 2. The van der Waals surface area contributed by atoms with E-state index in [0.29, 0.717) is 12.8 Å². The van der Waals surface area contributed by atoms with Crippen molar-refractivity contribution in [3.8, 4) is 0 Å². The number of aryl methyl sites for hydroxylation is 1. The number of anilines is 1. The Bertz CT molecular complexity index is 533. The first-order valence-corrected chi connectivity index (χ1v) is 7.39. The minimum Gasteiger partial charge on any atom is -0.481 e. The lowest BCUT2D eigenvalue weighted by Crippen LogP contribution is -2.34. The van der Waals surface area contributed by atoms with Gasteiger partial charge in [-0.1, -0.05) is 37.6 Å². The lowest BCUT2D eigenvalue weighted by molar-refractivity contribution is -0.146. The molecular weight excluding hydrogens is 266 g/mol. The van der Waals surface area contributed by atoms with Crippen molar-refractivity contribution in [3.05, 3.63) is 42.0 Å². The minimum absolute atomic E-state index is 0.213. The summed E-state index contributed by atoms with van der Waals surface area (Å²) >= 11 is 0. The highest BCUT2D eigenvalue weighted by Gasteiger charge is 2.33. The number of nitrogens with one attached hydrogen (secondary N) is 1. The van der Waals surface area contributed by atoms with Crippen molar-refractivity contribution in [2.45, 2.75) is 32.6 Å². The number of amides is 1. The van der Waals surface area contributed by atoms with Crippen molar-refractivity contribution in [2.75, 3.05) is 5.32 Å². The maximum absolute atomic E-state index is 12.3. The van der Waals surface area contributed by atoms with E-state index in [1.54, 1.807) is 0 Å². The fraction of sp³-hybridized carbons (Fsp3) is 0.412. The van der Waals surface area contributed by atoms with E-state index < -0.39 is 17.8 Å². The predicted octanol–water partition coefficient (Wildman–Crippen LogP) is 3.24. The molecule has 0 fully saturated rings. The summed E-state index contributed by atoms with van der Waals surface area (Å²) in [5.41, 5.74) is 1.96. The normalized spacial score (nSPS) is 21.0.